The minimum absolute atomic E-state index is 0.207. The molecule has 1 aliphatic heterocycles. The van der Waals surface area contributed by atoms with Crippen LogP contribution in [-0.4, -0.2) is 26.9 Å². The van der Waals surface area contributed by atoms with Gasteiger partial charge in [0.15, 0.2) is 0 Å². The zero-order valence-corrected chi connectivity index (χ0v) is 16.3. The van der Waals surface area contributed by atoms with E-state index < -0.39 is 16.1 Å². The van der Waals surface area contributed by atoms with Gasteiger partial charge in [0.2, 0.25) is 15.9 Å². The lowest BCUT2D eigenvalue weighted by Crippen LogP contribution is -2.42. The van der Waals surface area contributed by atoms with Gasteiger partial charge < -0.3 is 4.90 Å². The van der Waals surface area contributed by atoms with Gasteiger partial charge in [0, 0.05) is 17.3 Å². The van der Waals surface area contributed by atoms with Crippen LogP contribution in [0.4, 0.5) is 5.69 Å². The zero-order valence-electron chi connectivity index (χ0n) is 14.7. The molecule has 1 N–H and O–H groups in total. The fourth-order valence-corrected chi connectivity index (χ4v) is 4.61. The molecule has 0 saturated carbocycles. The molecule has 2 aromatic carbocycles. The predicted octanol–water partition coefficient (Wildman–Crippen LogP) is 3.18. The molecule has 0 spiro atoms. The van der Waals surface area contributed by atoms with Crippen molar-refractivity contribution in [2.24, 2.45) is 0 Å². The maximum atomic E-state index is 12.7. The molecule has 138 valence electrons. The average molecular weight is 393 g/mol. The summed E-state index contributed by atoms with van der Waals surface area (Å²) in [5.41, 5.74) is 3.63. The minimum atomic E-state index is -3.64. The Morgan fingerprint density at radius 3 is 2.62 bits per heavy atom. The zero-order chi connectivity index (χ0) is 18.9. The highest BCUT2D eigenvalue weighted by molar-refractivity contribution is 7.88. The van der Waals surface area contributed by atoms with Crippen LogP contribution in [0, 0.1) is 13.8 Å². The van der Waals surface area contributed by atoms with E-state index in [-0.39, 0.29) is 11.7 Å². The molecule has 5 nitrogen and oxygen atoms in total. The van der Waals surface area contributed by atoms with E-state index >= 15 is 0 Å². The molecule has 2 aromatic rings. The molecule has 0 radical (unpaired) electrons. The van der Waals surface area contributed by atoms with E-state index in [0.29, 0.717) is 23.6 Å². The number of anilines is 1. The maximum Gasteiger partial charge on any atom is 0.245 e. The summed E-state index contributed by atoms with van der Waals surface area (Å²) in [5.74, 6) is -0.427. The van der Waals surface area contributed by atoms with Crippen molar-refractivity contribution >= 4 is 33.2 Å². The predicted molar refractivity (Wildman–Crippen MR) is 104 cm³/mol. The van der Waals surface area contributed by atoms with Gasteiger partial charge in [-0.15, -0.1) is 0 Å². The molecule has 26 heavy (non-hydrogen) atoms. The van der Waals surface area contributed by atoms with Gasteiger partial charge in [-0.3, -0.25) is 4.79 Å². The lowest BCUT2D eigenvalue weighted by atomic mass is 10.1. The van der Waals surface area contributed by atoms with E-state index in [1.54, 1.807) is 29.2 Å². The third-order valence-electron chi connectivity index (χ3n) is 4.58. The summed E-state index contributed by atoms with van der Waals surface area (Å²) in [4.78, 5) is 14.3. The molecular weight excluding hydrogens is 372 g/mol. The molecule has 1 fully saturated rings. The second-order valence-corrected chi connectivity index (χ2v) is 8.80. The fraction of sp³-hybridized carbons (Fsp3) is 0.316. The van der Waals surface area contributed by atoms with E-state index in [4.69, 9.17) is 11.6 Å². The molecule has 0 aromatic heterocycles. The second-order valence-electron chi connectivity index (χ2n) is 6.61. The van der Waals surface area contributed by atoms with Crippen LogP contribution < -0.4 is 9.62 Å². The number of nitrogens with one attached hydrogen (secondary N) is 1. The average Bonchev–Trinajstić information content (AvgIpc) is 2.90. The summed E-state index contributed by atoms with van der Waals surface area (Å²) in [6.07, 6.45) is 0.445. The van der Waals surface area contributed by atoms with Gasteiger partial charge in [0.05, 0.1) is 5.75 Å². The molecule has 1 heterocycles. The van der Waals surface area contributed by atoms with Crippen molar-refractivity contribution in [3.8, 4) is 0 Å². The number of benzene rings is 2. The highest BCUT2D eigenvalue weighted by atomic mass is 35.5. The SMILES string of the molecule is Cc1ccc(N2CCC(NS(=O)(=O)Cc3cccc(Cl)c3)C2=O)cc1C. The Morgan fingerprint density at radius 1 is 1.15 bits per heavy atom. The molecule has 3 rings (SSSR count). The van der Waals surface area contributed by atoms with Gasteiger partial charge >= 0.3 is 0 Å². The molecule has 1 saturated heterocycles. The fourth-order valence-electron chi connectivity index (χ4n) is 3.04. The third kappa shape index (κ3) is 4.26. The van der Waals surface area contributed by atoms with Crippen molar-refractivity contribution in [2.75, 3.05) is 11.4 Å². The van der Waals surface area contributed by atoms with E-state index in [0.717, 1.165) is 16.8 Å². The molecule has 1 amide bonds. The van der Waals surface area contributed by atoms with Crippen LogP contribution in [0.5, 0.6) is 0 Å². The van der Waals surface area contributed by atoms with Crippen molar-refractivity contribution in [2.45, 2.75) is 32.1 Å². The number of halogens is 1. The number of hydrogen-bond donors (Lipinski definition) is 1. The van der Waals surface area contributed by atoms with Crippen molar-refractivity contribution in [3.05, 3.63) is 64.2 Å². The Balaban J connectivity index is 1.70. The van der Waals surface area contributed by atoms with E-state index in [1.165, 1.54) is 0 Å². The van der Waals surface area contributed by atoms with Crippen molar-refractivity contribution in [3.63, 3.8) is 0 Å². The number of carbonyl (C=O) groups excluding carboxylic acids is 1. The first-order chi connectivity index (χ1) is 12.2. The molecule has 1 atom stereocenters. The van der Waals surface area contributed by atoms with Gasteiger partial charge in [-0.1, -0.05) is 29.8 Å². The van der Waals surface area contributed by atoms with E-state index in [9.17, 15) is 13.2 Å². The number of aryl methyl sites for hydroxylation is 2. The maximum absolute atomic E-state index is 12.7. The Labute approximate surface area is 159 Å². The topological polar surface area (TPSA) is 66.5 Å². The highest BCUT2D eigenvalue weighted by Crippen LogP contribution is 2.24. The van der Waals surface area contributed by atoms with Gasteiger partial charge in [-0.2, -0.15) is 0 Å². The largest absolute Gasteiger partial charge is 0.311 e. The monoisotopic (exact) mass is 392 g/mol. The van der Waals surface area contributed by atoms with Crippen LogP contribution in [0.3, 0.4) is 0 Å². The van der Waals surface area contributed by atoms with Gasteiger partial charge in [0.25, 0.3) is 0 Å². The second kappa shape index (κ2) is 7.39. The molecule has 0 bridgehead atoms. The van der Waals surface area contributed by atoms with Crippen LogP contribution in [0.2, 0.25) is 5.02 Å². The van der Waals surface area contributed by atoms with Gasteiger partial charge in [0.1, 0.15) is 6.04 Å². The van der Waals surface area contributed by atoms with E-state index in [1.807, 2.05) is 32.0 Å². The highest BCUT2D eigenvalue weighted by Gasteiger charge is 2.35. The van der Waals surface area contributed by atoms with Gasteiger partial charge in [-0.05, 0) is 61.2 Å². The number of carbonyl (C=O) groups is 1. The Hall–Kier alpha value is -1.89. The standard InChI is InChI=1S/C19H21ClN2O3S/c1-13-6-7-17(10-14(13)2)22-9-8-18(19(22)23)21-26(24,25)12-15-4-3-5-16(20)11-15/h3-7,10-11,18,21H,8-9,12H2,1-2H3. The number of rotatable bonds is 5. The third-order valence-corrected chi connectivity index (χ3v) is 6.17. The summed E-state index contributed by atoms with van der Waals surface area (Å²) >= 11 is 5.90. The number of amides is 1. The van der Waals surface area contributed by atoms with E-state index in [2.05, 4.69) is 4.72 Å². The molecule has 7 heteroatoms. The summed E-state index contributed by atoms with van der Waals surface area (Å²) in [6.45, 7) is 4.49. The van der Waals surface area contributed by atoms with Crippen LogP contribution in [0.25, 0.3) is 0 Å². The first-order valence-corrected chi connectivity index (χ1v) is 10.4. The quantitative estimate of drug-likeness (QED) is 0.849. The first kappa shape index (κ1) is 18.9. The van der Waals surface area contributed by atoms with Crippen molar-refractivity contribution in [1.82, 2.24) is 4.72 Å². The lowest BCUT2D eigenvalue weighted by Gasteiger charge is -2.18. The number of hydrogen-bond acceptors (Lipinski definition) is 3. The normalized spacial score (nSPS) is 17.7. The summed E-state index contributed by atoms with van der Waals surface area (Å²) in [6, 6.07) is 11.8. The molecule has 1 aliphatic rings. The lowest BCUT2D eigenvalue weighted by molar-refractivity contribution is -0.118. The summed E-state index contributed by atoms with van der Waals surface area (Å²) in [5, 5.41) is 0.482. The van der Waals surface area contributed by atoms with Crippen molar-refractivity contribution < 1.29 is 13.2 Å². The number of sulfonamides is 1. The Kier molecular flexibility index (Phi) is 5.37. The Morgan fingerprint density at radius 2 is 1.92 bits per heavy atom. The minimum Gasteiger partial charge on any atom is -0.311 e. The molecule has 1 unspecified atom stereocenters. The first-order valence-electron chi connectivity index (χ1n) is 8.38. The van der Waals surface area contributed by atoms with Crippen molar-refractivity contribution in [1.29, 1.82) is 0 Å². The smallest absolute Gasteiger partial charge is 0.245 e. The van der Waals surface area contributed by atoms with Gasteiger partial charge in [-0.25, -0.2) is 13.1 Å². The summed E-state index contributed by atoms with van der Waals surface area (Å²) < 4.78 is 27.4. The van der Waals surface area contributed by atoms with Crippen LogP contribution in [0.15, 0.2) is 42.5 Å². The number of nitrogens with zero attached hydrogens (tertiary/aromatic N) is 1. The summed E-state index contributed by atoms with van der Waals surface area (Å²) in [7, 11) is -3.64. The molecule has 0 aliphatic carbocycles. The van der Waals surface area contributed by atoms with Crippen LogP contribution in [-0.2, 0) is 20.6 Å². The molecular formula is C19H21ClN2O3S. The Bertz CT molecular complexity index is 944. The van der Waals surface area contributed by atoms with Crippen LogP contribution in [0.1, 0.15) is 23.1 Å². The van der Waals surface area contributed by atoms with Crippen LogP contribution >= 0.6 is 11.6 Å².